The molecular weight excluding hydrogens is 205 g/mol. The Kier molecular flexibility index (Phi) is 2.21. The van der Waals surface area contributed by atoms with Crippen molar-refractivity contribution >= 4 is 28.3 Å². The molecule has 0 atom stereocenters. The lowest BCUT2D eigenvalue weighted by atomic mass is 10.2. The van der Waals surface area contributed by atoms with Gasteiger partial charge in [-0.3, -0.25) is 0 Å². The molecule has 1 aromatic heterocycles. The zero-order valence-corrected chi connectivity index (χ0v) is 8.14. The average Bonchev–Trinajstić information content (AvgIpc) is 2.15. The van der Waals surface area contributed by atoms with E-state index in [2.05, 4.69) is 15.3 Å². The van der Waals surface area contributed by atoms with Crippen LogP contribution >= 0.6 is 11.6 Å². The zero-order valence-electron chi connectivity index (χ0n) is 7.38. The minimum absolute atomic E-state index is 0.104. The number of nitrogens with zero attached hydrogens (tertiary/aromatic N) is 2. The van der Waals surface area contributed by atoms with E-state index in [1.54, 1.807) is 13.1 Å². The third-order valence-electron chi connectivity index (χ3n) is 1.87. The number of aromatic nitrogens is 2. The van der Waals surface area contributed by atoms with Crippen LogP contribution in [0.5, 0.6) is 0 Å². The molecule has 2 rings (SSSR count). The molecule has 1 N–H and O–H groups in total. The highest BCUT2D eigenvalue weighted by molar-refractivity contribution is 6.28. The summed E-state index contributed by atoms with van der Waals surface area (Å²) in [7, 11) is 1.72. The summed E-state index contributed by atoms with van der Waals surface area (Å²) in [4.78, 5) is 7.89. The van der Waals surface area contributed by atoms with Crippen molar-refractivity contribution < 1.29 is 4.39 Å². The van der Waals surface area contributed by atoms with Crippen molar-refractivity contribution in [3.8, 4) is 0 Å². The van der Waals surface area contributed by atoms with Crippen LogP contribution in [0.1, 0.15) is 0 Å². The second-order valence-electron chi connectivity index (χ2n) is 2.75. The predicted octanol–water partition coefficient (Wildman–Crippen LogP) is 2.46. The molecule has 72 valence electrons. The molecule has 3 nitrogen and oxygen atoms in total. The first kappa shape index (κ1) is 9.15. The summed E-state index contributed by atoms with van der Waals surface area (Å²) in [5.41, 5.74) is 0.495. The van der Waals surface area contributed by atoms with Gasteiger partial charge in [0.25, 0.3) is 0 Å². The van der Waals surface area contributed by atoms with Gasteiger partial charge < -0.3 is 5.32 Å². The first-order valence-corrected chi connectivity index (χ1v) is 4.39. The summed E-state index contributed by atoms with van der Waals surface area (Å²) >= 11 is 5.67. The van der Waals surface area contributed by atoms with Crippen LogP contribution in [-0.4, -0.2) is 17.0 Å². The van der Waals surface area contributed by atoms with Crippen molar-refractivity contribution in [2.24, 2.45) is 0 Å². The molecule has 0 unspecified atom stereocenters. The Balaban J connectivity index is 2.81. The molecule has 2 aromatic rings. The van der Waals surface area contributed by atoms with E-state index in [1.807, 2.05) is 0 Å². The minimum atomic E-state index is -0.339. The van der Waals surface area contributed by atoms with Gasteiger partial charge in [-0.15, -0.1) is 0 Å². The summed E-state index contributed by atoms with van der Waals surface area (Å²) in [5, 5.41) is 3.72. The van der Waals surface area contributed by atoms with E-state index in [4.69, 9.17) is 11.6 Å². The third-order valence-corrected chi connectivity index (χ3v) is 2.04. The molecule has 0 aliphatic heterocycles. The monoisotopic (exact) mass is 211 g/mol. The molecule has 0 spiro atoms. The van der Waals surface area contributed by atoms with Gasteiger partial charge in [-0.25, -0.2) is 14.4 Å². The number of hydrogen-bond acceptors (Lipinski definition) is 3. The van der Waals surface area contributed by atoms with Crippen molar-refractivity contribution in [2.45, 2.75) is 0 Å². The van der Waals surface area contributed by atoms with Gasteiger partial charge in [0, 0.05) is 18.5 Å². The van der Waals surface area contributed by atoms with Crippen LogP contribution in [0.2, 0.25) is 5.28 Å². The predicted molar refractivity (Wildman–Crippen MR) is 54.1 cm³/mol. The normalized spacial score (nSPS) is 10.5. The van der Waals surface area contributed by atoms with E-state index in [9.17, 15) is 4.39 Å². The standard InChI is InChI=1S/C9H7ClFN3/c1-12-8-6-3-2-5(11)4-7(6)13-9(10)14-8/h2-4H,1H3,(H,12,13,14). The number of halogens is 2. The SMILES string of the molecule is CNc1nc(Cl)nc2cc(F)ccc12. The summed E-state index contributed by atoms with van der Waals surface area (Å²) in [6, 6.07) is 4.30. The van der Waals surface area contributed by atoms with Crippen molar-refractivity contribution in [1.82, 2.24) is 9.97 Å². The van der Waals surface area contributed by atoms with E-state index < -0.39 is 0 Å². The number of benzene rings is 1. The van der Waals surface area contributed by atoms with Gasteiger partial charge in [-0.05, 0) is 23.7 Å². The summed E-state index contributed by atoms with van der Waals surface area (Å²) in [5.74, 6) is 0.259. The van der Waals surface area contributed by atoms with E-state index in [0.29, 0.717) is 11.3 Å². The van der Waals surface area contributed by atoms with Crippen LogP contribution in [0.4, 0.5) is 10.2 Å². The molecule has 0 aliphatic carbocycles. The molecule has 1 aromatic carbocycles. The minimum Gasteiger partial charge on any atom is -0.372 e. The lowest BCUT2D eigenvalue weighted by Gasteiger charge is -2.04. The smallest absolute Gasteiger partial charge is 0.224 e. The van der Waals surface area contributed by atoms with Crippen LogP contribution < -0.4 is 5.32 Å². The maximum atomic E-state index is 12.9. The van der Waals surface area contributed by atoms with E-state index in [-0.39, 0.29) is 11.1 Å². The lowest BCUT2D eigenvalue weighted by Crippen LogP contribution is -1.96. The van der Waals surface area contributed by atoms with Crippen LogP contribution in [-0.2, 0) is 0 Å². The van der Waals surface area contributed by atoms with Crippen molar-refractivity contribution in [3.05, 3.63) is 29.3 Å². The van der Waals surface area contributed by atoms with Gasteiger partial charge in [0.05, 0.1) is 5.52 Å². The fraction of sp³-hybridized carbons (Fsp3) is 0.111. The Hall–Kier alpha value is -1.42. The van der Waals surface area contributed by atoms with Crippen LogP contribution in [0.15, 0.2) is 18.2 Å². The molecule has 0 aliphatic rings. The van der Waals surface area contributed by atoms with Crippen LogP contribution in [0, 0.1) is 5.82 Å². The van der Waals surface area contributed by atoms with Gasteiger partial charge >= 0.3 is 0 Å². The summed E-state index contributed by atoms with van der Waals surface area (Å²) < 4.78 is 12.9. The average molecular weight is 212 g/mol. The summed E-state index contributed by atoms with van der Waals surface area (Å²) in [6.07, 6.45) is 0. The topological polar surface area (TPSA) is 37.8 Å². The Morgan fingerprint density at radius 1 is 1.36 bits per heavy atom. The summed E-state index contributed by atoms with van der Waals surface area (Å²) in [6.45, 7) is 0. The Morgan fingerprint density at radius 3 is 2.86 bits per heavy atom. The van der Waals surface area contributed by atoms with E-state index >= 15 is 0 Å². The van der Waals surface area contributed by atoms with Crippen LogP contribution in [0.25, 0.3) is 10.9 Å². The quantitative estimate of drug-likeness (QED) is 0.737. The fourth-order valence-electron chi connectivity index (χ4n) is 1.26. The zero-order chi connectivity index (χ0) is 10.1. The second-order valence-corrected chi connectivity index (χ2v) is 3.09. The van der Waals surface area contributed by atoms with Gasteiger partial charge in [0.15, 0.2) is 0 Å². The van der Waals surface area contributed by atoms with Gasteiger partial charge in [-0.2, -0.15) is 0 Å². The molecule has 0 saturated heterocycles. The molecular formula is C9H7ClFN3. The maximum absolute atomic E-state index is 12.9. The van der Waals surface area contributed by atoms with Gasteiger partial charge in [-0.1, -0.05) is 0 Å². The molecule has 0 amide bonds. The van der Waals surface area contributed by atoms with Crippen molar-refractivity contribution in [1.29, 1.82) is 0 Å². The molecule has 0 fully saturated rings. The number of fused-ring (bicyclic) bond motifs is 1. The van der Waals surface area contributed by atoms with Gasteiger partial charge in [0.2, 0.25) is 5.28 Å². The van der Waals surface area contributed by atoms with Crippen molar-refractivity contribution in [3.63, 3.8) is 0 Å². The first-order chi connectivity index (χ1) is 6.70. The van der Waals surface area contributed by atoms with Crippen LogP contribution in [0.3, 0.4) is 0 Å². The Labute approximate surface area is 84.9 Å². The highest BCUT2D eigenvalue weighted by atomic mass is 35.5. The first-order valence-electron chi connectivity index (χ1n) is 4.01. The fourth-order valence-corrected chi connectivity index (χ4v) is 1.44. The Morgan fingerprint density at radius 2 is 2.14 bits per heavy atom. The molecule has 0 radical (unpaired) electrons. The maximum Gasteiger partial charge on any atom is 0.224 e. The highest BCUT2D eigenvalue weighted by Gasteiger charge is 2.05. The third kappa shape index (κ3) is 1.48. The number of hydrogen-bond donors (Lipinski definition) is 1. The van der Waals surface area contributed by atoms with Crippen molar-refractivity contribution in [2.75, 3.05) is 12.4 Å². The molecule has 1 heterocycles. The second kappa shape index (κ2) is 3.38. The van der Waals surface area contributed by atoms with E-state index in [0.717, 1.165) is 5.39 Å². The molecule has 0 saturated carbocycles. The molecule has 0 bridgehead atoms. The molecule has 14 heavy (non-hydrogen) atoms. The van der Waals surface area contributed by atoms with E-state index in [1.165, 1.54) is 12.1 Å². The number of nitrogens with one attached hydrogen (secondary N) is 1. The molecule has 5 heteroatoms. The lowest BCUT2D eigenvalue weighted by molar-refractivity contribution is 0.629. The van der Waals surface area contributed by atoms with Gasteiger partial charge in [0.1, 0.15) is 11.6 Å². The highest BCUT2D eigenvalue weighted by Crippen LogP contribution is 2.22. The Bertz CT molecular complexity index is 481. The number of anilines is 1. The largest absolute Gasteiger partial charge is 0.372 e. The number of rotatable bonds is 1.